The fraction of sp³-hybridized carbons (Fsp3) is 0.667. The molecule has 0 saturated carbocycles. The van der Waals surface area contributed by atoms with Crippen LogP contribution in [0.2, 0.25) is 0 Å². The van der Waals surface area contributed by atoms with Gasteiger partial charge < -0.3 is 15.0 Å². The van der Waals surface area contributed by atoms with Gasteiger partial charge in [-0.3, -0.25) is 0 Å². The van der Waals surface area contributed by atoms with E-state index in [4.69, 9.17) is 4.74 Å². The summed E-state index contributed by atoms with van der Waals surface area (Å²) in [7, 11) is 3.17. The molecular weight excluding hydrogens is 273 g/mol. The molecule has 0 amide bonds. The van der Waals surface area contributed by atoms with Gasteiger partial charge in [0.05, 0.1) is 12.7 Å². The second-order valence-corrected chi connectivity index (χ2v) is 4.52. The quantitative estimate of drug-likeness (QED) is 0.872. The molecule has 0 spiro atoms. The van der Waals surface area contributed by atoms with Gasteiger partial charge in [0.15, 0.2) is 0 Å². The summed E-state index contributed by atoms with van der Waals surface area (Å²) in [5.41, 5.74) is 0. The maximum Gasteiger partial charge on any atom is 0.451 e. The summed E-state index contributed by atoms with van der Waals surface area (Å²) >= 11 is 0. The number of likely N-dealkylation sites (N-methyl/N-ethyl adjacent to an activating group) is 1. The van der Waals surface area contributed by atoms with Crippen LogP contribution in [-0.4, -0.2) is 43.3 Å². The molecule has 0 saturated heterocycles. The minimum Gasteiger partial charge on any atom is -0.377 e. The van der Waals surface area contributed by atoms with E-state index in [-0.39, 0.29) is 17.7 Å². The summed E-state index contributed by atoms with van der Waals surface area (Å²) < 4.78 is 43.5. The number of halogens is 3. The van der Waals surface area contributed by atoms with Crippen LogP contribution in [0.1, 0.15) is 19.7 Å². The molecule has 0 aliphatic rings. The smallest absolute Gasteiger partial charge is 0.377 e. The van der Waals surface area contributed by atoms with Gasteiger partial charge in [0, 0.05) is 26.7 Å². The lowest BCUT2D eigenvalue weighted by Crippen LogP contribution is -2.26. The minimum absolute atomic E-state index is 0.0763. The van der Waals surface area contributed by atoms with Crippen molar-refractivity contribution < 1.29 is 17.9 Å². The van der Waals surface area contributed by atoms with Gasteiger partial charge in [-0.25, -0.2) is 9.97 Å². The largest absolute Gasteiger partial charge is 0.451 e. The molecule has 0 aromatic carbocycles. The summed E-state index contributed by atoms with van der Waals surface area (Å²) in [4.78, 5) is 8.55. The predicted molar refractivity (Wildman–Crippen MR) is 70.9 cm³/mol. The Morgan fingerprint density at radius 3 is 2.50 bits per heavy atom. The Morgan fingerprint density at radius 2 is 2.00 bits per heavy atom. The molecule has 8 heteroatoms. The lowest BCUT2D eigenvalue weighted by Gasteiger charge is -2.20. The van der Waals surface area contributed by atoms with Crippen molar-refractivity contribution in [3.8, 4) is 0 Å². The van der Waals surface area contributed by atoms with Crippen molar-refractivity contribution in [2.45, 2.75) is 26.1 Å². The highest BCUT2D eigenvalue weighted by molar-refractivity contribution is 5.48. The molecule has 0 aliphatic carbocycles. The molecule has 0 aliphatic heterocycles. The van der Waals surface area contributed by atoms with E-state index in [0.717, 1.165) is 0 Å². The third-order valence-corrected chi connectivity index (χ3v) is 2.49. The highest BCUT2D eigenvalue weighted by Gasteiger charge is 2.35. The minimum atomic E-state index is -4.57. The van der Waals surface area contributed by atoms with Crippen LogP contribution in [0, 0.1) is 0 Å². The monoisotopic (exact) mass is 292 g/mol. The van der Waals surface area contributed by atoms with E-state index in [9.17, 15) is 13.2 Å². The first-order chi connectivity index (χ1) is 9.24. The zero-order valence-electron chi connectivity index (χ0n) is 12.0. The first kappa shape index (κ1) is 16.5. The van der Waals surface area contributed by atoms with Crippen LogP contribution in [0.3, 0.4) is 0 Å². The SMILES string of the molecule is CNc1cc(N(C)CCOC(C)C)nc(C(F)(F)F)n1. The van der Waals surface area contributed by atoms with Crippen molar-refractivity contribution in [1.29, 1.82) is 0 Å². The summed E-state index contributed by atoms with van der Waals surface area (Å²) in [6.07, 6.45) is -4.50. The van der Waals surface area contributed by atoms with Crippen molar-refractivity contribution in [1.82, 2.24) is 9.97 Å². The van der Waals surface area contributed by atoms with Gasteiger partial charge in [0.2, 0.25) is 5.82 Å². The van der Waals surface area contributed by atoms with Crippen LogP contribution >= 0.6 is 0 Å². The maximum atomic E-state index is 12.7. The molecule has 1 heterocycles. The third-order valence-electron chi connectivity index (χ3n) is 2.49. The van der Waals surface area contributed by atoms with Crippen molar-refractivity contribution >= 4 is 11.6 Å². The Hall–Kier alpha value is -1.57. The Kier molecular flexibility index (Phi) is 5.55. The topological polar surface area (TPSA) is 50.3 Å². The van der Waals surface area contributed by atoms with Gasteiger partial charge in [-0.05, 0) is 13.8 Å². The molecule has 1 rings (SSSR count). The number of hydrogen-bond donors (Lipinski definition) is 1. The highest BCUT2D eigenvalue weighted by atomic mass is 19.4. The summed E-state index contributed by atoms with van der Waals surface area (Å²) in [6.45, 7) is 4.64. The molecule has 0 unspecified atom stereocenters. The first-order valence-corrected chi connectivity index (χ1v) is 6.20. The third kappa shape index (κ3) is 4.84. The lowest BCUT2D eigenvalue weighted by atomic mass is 10.4. The molecule has 1 N–H and O–H groups in total. The summed E-state index contributed by atoms with van der Waals surface area (Å²) in [6, 6.07) is 1.46. The van der Waals surface area contributed by atoms with Gasteiger partial charge >= 0.3 is 6.18 Å². The number of anilines is 2. The molecule has 20 heavy (non-hydrogen) atoms. The second-order valence-electron chi connectivity index (χ2n) is 4.52. The van der Waals surface area contributed by atoms with Crippen LogP contribution < -0.4 is 10.2 Å². The highest BCUT2D eigenvalue weighted by Crippen LogP contribution is 2.28. The van der Waals surface area contributed by atoms with Crippen molar-refractivity contribution in [2.75, 3.05) is 37.5 Å². The van der Waals surface area contributed by atoms with Crippen molar-refractivity contribution in [2.24, 2.45) is 0 Å². The molecule has 5 nitrogen and oxygen atoms in total. The number of nitrogens with one attached hydrogen (secondary N) is 1. The number of ether oxygens (including phenoxy) is 1. The van der Waals surface area contributed by atoms with Gasteiger partial charge in [0.1, 0.15) is 11.6 Å². The Morgan fingerprint density at radius 1 is 1.35 bits per heavy atom. The molecule has 0 radical (unpaired) electrons. The van der Waals surface area contributed by atoms with Crippen LogP contribution in [0.4, 0.5) is 24.8 Å². The lowest BCUT2D eigenvalue weighted by molar-refractivity contribution is -0.144. The average molecular weight is 292 g/mol. The van der Waals surface area contributed by atoms with Gasteiger partial charge in [-0.15, -0.1) is 0 Å². The molecule has 114 valence electrons. The number of hydrogen-bond acceptors (Lipinski definition) is 5. The van der Waals surface area contributed by atoms with Gasteiger partial charge in [-0.2, -0.15) is 13.2 Å². The second kappa shape index (κ2) is 6.74. The van der Waals surface area contributed by atoms with Crippen LogP contribution in [0.25, 0.3) is 0 Å². The summed E-state index contributed by atoms with van der Waals surface area (Å²) in [5, 5.41) is 2.60. The zero-order valence-corrected chi connectivity index (χ0v) is 12.0. The van der Waals surface area contributed by atoms with Crippen LogP contribution in [0.5, 0.6) is 0 Å². The fourth-order valence-electron chi connectivity index (χ4n) is 1.42. The van der Waals surface area contributed by atoms with Crippen LogP contribution in [-0.2, 0) is 10.9 Å². The zero-order chi connectivity index (χ0) is 15.3. The van der Waals surface area contributed by atoms with E-state index in [1.54, 1.807) is 11.9 Å². The number of rotatable bonds is 6. The molecular formula is C12H19F3N4O. The Bertz CT molecular complexity index is 437. The number of nitrogens with zero attached hydrogens (tertiary/aromatic N) is 3. The van der Waals surface area contributed by atoms with E-state index in [1.165, 1.54) is 13.1 Å². The fourth-order valence-corrected chi connectivity index (χ4v) is 1.42. The van der Waals surface area contributed by atoms with E-state index in [2.05, 4.69) is 15.3 Å². The standard InChI is InChI=1S/C12H19F3N4O/c1-8(2)20-6-5-19(4)10-7-9(16-3)17-11(18-10)12(13,14)15/h7-8H,5-6H2,1-4H3,(H,16,17,18). The Balaban J connectivity index is 2.88. The Labute approximate surface area is 116 Å². The first-order valence-electron chi connectivity index (χ1n) is 6.20. The molecule has 0 atom stereocenters. The van der Waals surface area contributed by atoms with Crippen molar-refractivity contribution in [3.05, 3.63) is 11.9 Å². The predicted octanol–water partition coefficient (Wildman–Crippen LogP) is 2.40. The van der Waals surface area contributed by atoms with E-state index in [0.29, 0.717) is 13.2 Å². The molecule has 1 aromatic rings. The average Bonchev–Trinajstić information content (AvgIpc) is 2.36. The van der Waals surface area contributed by atoms with Crippen LogP contribution in [0.15, 0.2) is 6.07 Å². The molecule has 0 bridgehead atoms. The molecule has 0 fully saturated rings. The van der Waals surface area contributed by atoms with Gasteiger partial charge in [-0.1, -0.05) is 0 Å². The number of aromatic nitrogens is 2. The van der Waals surface area contributed by atoms with E-state index < -0.39 is 12.0 Å². The molecule has 1 aromatic heterocycles. The normalized spacial score (nSPS) is 11.8. The van der Waals surface area contributed by atoms with E-state index in [1.807, 2.05) is 13.8 Å². The van der Waals surface area contributed by atoms with Gasteiger partial charge in [0.25, 0.3) is 0 Å². The summed E-state index contributed by atoms with van der Waals surface area (Å²) in [5.74, 6) is -0.834. The van der Waals surface area contributed by atoms with E-state index >= 15 is 0 Å². The maximum absolute atomic E-state index is 12.7. The number of alkyl halides is 3. The van der Waals surface area contributed by atoms with Crippen molar-refractivity contribution in [3.63, 3.8) is 0 Å².